The van der Waals surface area contributed by atoms with Crippen LogP contribution in [0.2, 0.25) is 0 Å². The summed E-state index contributed by atoms with van der Waals surface area (Å²) in [4.78, 5) is 12.2. The van der Waals surface area contributed by atoms with Gasteiger partial charge in [-0.3, -0.25) is 0 Å². The summed E-state index contributed by atoms with van der Waals surface area (Å²) in [6.07, 6.45) is 4.95. The fourth-order valence-corrected chi connectivity index (χ4v) is 2.48. The molecule has 2 aliphatic heterocycles. The van der Waals surface area contributed by atoms with E-state index in [1.165, 1.54) is 17.7 Å². The SMILES string of the molecule is CCCCC1OC12CCN(C(=O)O)CC2. The number of ether oxygens (including phenoxy) is 1. The molecule has 2 aliphatic rings. The van der Waals surface area contributed by atoms with Crippen LogP contribution in [0.15, 0.2) is 0 Å². The number of carboxylic acid groups (broad SMARTS) is 1. The highest BCUT2D eigenvalue weighted by atomic mass is 16.6. The highest BCUT2D eigenvalue weighted by molar-refractivity contribution is 5.65. The second kappa shape index (κ2) is 4.00. The first-order valence-corrected chi connectivity index (χ1v) is 5.83. The molecular weight excluding hydrogens is 194 g/mol. The number of hydrogen-bond donors (Lipinski definition) is 1. The average molecular weight is 213 g/mol. The highest BCUT2D eigenvalue weighted by Crippen LogP contribution is 2.47. The van der Waals surface area contributed by atoms with Gasteiger partial charge in [0.1, 0.15) is 0 Å². The van der Waals surface area contributed by atoms with E-state index >= 15 is 0 Å². The van der Waals surface area contributed by atoms with E-state index in [0.717, 1.165) is 19.3 Å². The molecule has 0 saturated carbocycles. The summed E-state index contributed by atoms with van der Waals surface area (Å²) in [5.74, 6) is 0. The average Bonchev–Trinajstić information content (AvgIpc) is 2.89. The minimum Gasteiger partial charge on any atom is -0.465 e. The number of piperidine rings is 1. The Kier molecular flexibility index (Phi) is 2.87. The maximum absolute atomic E-state index is 10.7. The van der Waals surface area contributed by atoms with Crippen LogP contribution in [0.1, 0.15) is 39.0 Å². The van der Waals surface area contributed by atoms with Gasteiger partial charge in [-0.05, 0) is 19.3 Å². The van der Waals surface area contributed by atoms with E-state index in [1.807, 2.05) is 0 Å². The van der Waals surface area contributed by atoms with Crippen LogP contribution in [0.25, 0.3) is 0 Å². The van der Waals surface area contributed by atoms with Crippen LogP contribution in [0.5, 0.6) is 0 Å². The zero-order valence-corrected chi connectivity index (χ0v) is 9.24. The Morgan fingerprint density at radius 3 is 2.73 bits per heavy atom. The van der Waals surface area contributed by atoms with Gasteiger partial charge in [0.15, 0.2) is 0 Å². The first-order valence-electron chi connectivity index (χ1n) is 5.83. The van der Waals surface area contributed by atoms with E-state index in [9.17, 15) is 4.79 Å². The maximum Gasteiger partial charge on any atom is 0.407 e. The Morgan fingerprint density at radius 1 is 1.53 bits per heavy atom. The Bertz CT molecular complexity index is 246. The van der Waals surface area contributed by atoms with Gasteiger partial charge in [0, 0.05) is 13.1 Å². The summed E-state index contributed by atoms with van der Waals surface area (Å²) in [5, 5.41) is 8.82. The number of hydrogen-bond acceptors (Lipinski definition) is 2. The molecule has 0 aromatic heterocycles. The van der Waals surface area contributed by atoms with Crippen molar-refractivity contribution in [2.24, 2.45) is 0 Å². The Hall–Kier alpha value is -0.770. The normalized spacial score (nSPS) is 28.1. The maximum atomic E-state index is 10.7. The highest BCUT2D eigenvalue weighted by Gasteiger charge is 2.56. The standard InChI is InChI=1S/C11H19NO3/c1-2-3-4-9-11(15-9)5-7-12(8-6-11)10(13)14/h9H,2-8H2,1H3,(H,13,14). The van der Waals surface area contributed by atoms with Gasteiger partial charge in [-0.1, -0.05) is 19.8 Å². The zero-order valence-electron chi connectivity index (χ0n) is 9.24. The van der Waals surface area contributed by atoms with Gasteiger partial charge in [-0.25, -0.2) is 4.79 Å². The van der Waals surface area contributed by atoms with E-state index in [-0.39, 0.29) is 5.60 Å². The lowest BCUT2D eigenvalue weighted by molar-refractivity contribution is 0.113. The molecule has 1 unspecified atom stereocenters. The van der Waals surface area contributed by atoms with Crippen molar-refractivity contribution >= 4 is 6.09 Å². The van der Waals surface area contributed by atoms with Gasteiger partial charge in [0.2, 0.25) is 0 Å². The second-order valence-corrected chi connectivity index (χ2v) is 4.58. The lowest BCUT2D eigenvalue weighted by Crippen LogP contribution is -2.41. The zero-order chi connectivity index (χ0) is 10.9. The van der Waals surface area contributed by atoms with Crippen LogP contribution in [-0.2, 0) is 4.74 Å². The molecule has 0 aromatic carbocycles. The summed E-state index contributed by atoms with van der Waals surface area (Å²) >= 11 is 0. The number of amides is 1. The predicted octanol–water partition coefficient (Wildman–Crippen LogP) is 2.09. The van der Waals surface area contributed by atoms with Crippen molar-refractivity contribution in [2.75, 3.05) is 13.1 Å². The van der Waals surface area contributed by atoms with Crippen LogP contribution < -0.4 is 0 Å². The number of epoxide rings is 1. The van der Waals surface area contributed by atoms with Crippen LogP contribution in [0, 0.1) is 0 Å². The third-order valence-corrected chi connectivity index (χ3v) is 3.61. The van der Waals surface area contributed by atoms with Crippen molar-refractivity contribution in [2.45, 2.75) is 50.7 Å². The van der Waals surface area contributed by atoms with Crippen molar-refractivity contribution in [3.8, 4) is 0 Å². The molecule has 4 heteroatoms. The summed E-state index contributed by atoms with van der Waals surface area (Å²) in [7, 11) is 0. The Labute approximate surface area is 90.2 Å². The molecule has 0 aromatic rings. The Balaban J connectivity index is 1.77. The molecule has 1 atom stereocenters. The second-order valence-electron chi connectivity index (χ2n) is 4.58. The van der Waals surface area contributed by atoms with Crippen molar-refractivity contribution in [3.05, 3.63) is 0 Å². The molecule has 2 fully saturated rings. The number of likely N-dealkylation sites (tertiary alicyclic amines) is 1. The van der Waals surface area contributed by atoms with E-state index in [4.69, 9.17) is 9.84 Å². The molecule has 2 heterocycles. The van der Waals surface area contributed by atoms with Crippen molar-refractivity contribution in [3.63, 3.8) is 0 Å². The van der Waals surface area contributed by atoms with Gasteiger partial charge in [-0.15, -0.1) is 0 Å². The smallest absolute Gasteiger partial charge is 0.407 e. The first kappa shape index (κ1) is 10.7. The molecule has 15 heavy (non-hydrogen) atoms. The third kappa shape index (κ3) is 2.09. The van der Waals surface area contributed by atoms with E-state index in [2.05, 4.69) is 6.92 Å². The van der Waals surface area contributed by atoms with E-state index in [1.54, 1.807) is 0 Å². The van der Waals surface area contributed by atoms with Gasteiger partial charge < -0.3 is 14.7 Å². The van der Waals surface area contributed by atoms with Crippen molar-refractivity contribution in [1.82, 2.24) is 4.90 Å². The molecule has 1 amide bonds. The third-order valence-electron chi connectivity index (χ3n) is 3.61. The fraction of sp³-hybridized carbons (Fsp3) is 0.909. The van der Waals surface area contributed by atoms with Crippen LogP contribution in [0.3, 0.4) is 0 Å². The number of rotatable bonds is 3. The topological polar surface area (TPSA) is 53.1 Å². The monoisotopic (exact) mass is 213 g/mol. The van der Waals surface area contributed by atoms with Crippen LogP contribution in [-0.4, -0.2) is 40.9 Å². The largest absolute Gasteiger partial charge is 0.465 e. The molecule has 0 aliphatic carbocycles. The van der Waals surface area contributed by atoms with E-state index < -0.39 is 6.09 Å². The molecule has 0 bridgehead atoms. The first-order chi connectivity index (χ1) is 7.18. The molecule has 1 spiro atoms. The van der Waals surface area contributed by atoms with Crippen molar-refractivity contribution < 1.29 is 14.6 Å². The van der Waals surface area contributed by atoms with Gasteiger partial charge in [0.05, 0.1) is 11.7 Å². The number of unbranched alkanes of at least 4 members (excludes halogenated alkanes) is 1. The molecule has 2 saturated heterocycles. The molecule has 86 valence electrons. The molecule has 1 N–H and O–H groups in total. The minimum atomic E-state index is -0.796. The van der Waals surface area contributed by atoms with Crippen molar-refractivity contribution in [1.29, 1.82) is 0 Å². The summed E-state index contributed by atoms with van der Waals surface area (Å²) in [6.45, 7) is 3.46. The Morgan fingerprint density at radius 2 is 2.20 bits per heavy atom. The molecule has 0 radical (unpaired) electrons. The molecular formula is C11H19NO3. The summed E-state index contributed by atoms with van der Waals surface area (Å²) in [6, 6.07) is 0. The quantitative estimate of drug-likeness (QED) is 0.730. The summed E-state index contributed by atoms with van der Waals surface area (Å²) < 4.78 is 5.76. The predicted molar refractivity (Wildman–Crippen MR) is 56.0 cm³/mol. The fourth-order valence-electron chi connectivity index (χ4n) is 2.48. The van der Waals surface area contributed by atoms with Gasteiger partial charge in [-0.2, -0.15) is 0 Å². The van der Waals surface area contributed by atoms with E-state index in [0.29, 0.717) is 19.2 Å². The number of nitrogens with zero attached hydrogens (tertiary/aromatic N) is 1. The molecule has 4 nitrogen and oxygen atoms in total. The minimum absolute atomic E-state index is 0.0567. The van der Waals surface area contributed by atoms with Gasteiger partial charge >= 0.3 is 6.09 Å². The lowest BCUT2D eigenvalue weighted by atomic mass is 9.91. The van der Waals surface area contributed by atoms with Crippen LogP contribution in [0.4, 0.5) is 4.79 Å². The van der Waals surface area contributed by atoms with Gasteiger partial charge in [0.25, 0.3) is 0 Å². The summed E-state index contributed by atoms with van der Waals surface area (Å²) in [5.41, 5.74) is 0.0567. The number of carbonyl (C=O) groups is 1. The molecule has 2 rings (SSSR count). The van der Waals surface area contributed by atoms with Crippen LogP contribution >= 0.6 is 0 Å². The lowest BCUT2D eigenvalue weighted by Gasteiger charge is -2.28.